The Balaban J connectivity index is 0.000000370. The SMILES string of the molecule is COc1cccc(CCN2C[C@H]3CCNCC[C@H]3S2(=O)=O)c1.O=C(O)C(F)(F)F. The van der Waals surface area contributed by atoms with E-state index >= 15 is 0 Å². The Morgan fingerprint density at radius 3 is 2.59 bits per heavy atom. The molecule has 0 bridgehead atoms. The number of hydrogen-bond donors (Lipinski definition) is 2. The van der Waals surface area contributed by atoms with E-state index in [0.29, 0.717) is 13.1 Å². The molecule has 1 aromatic rings. The number of hydrogen-bond acceptors (Lipinski definition) is 5. The predicted octanol–water partition coefficient (Wildman–Crippen LogP) is 1.88. The van der Waals surface area contributed by atoms with Crippen LogP contribution in [0.2, 0.25) is 0 Å². The highest BCUT2D eigenvalue weighted by atomic mass is 32.2. The summed E-state index contributed by atoms with van der Waals surface area (Å²) < 4.78 is 64.1. The fourth-order valence-electron chi connectivity index (χ4n) is 3.54. The first kappa shape index (κ1) is 23.4. The smallest absolute Gasteiger partial charge is 0.490 e. The molecule has 29 heavy (non-hydrogen) atoms. The van der Waals surface area contributed by atoms with Gasteiger partial charge in [-0.3, -0.25) is 0 Å². The zero-order chi connectivity index (χ0) is 21.7. The monoisotopic (exact) mass is 438 g/mol. The molecule has 11 heteroatoms. The van der Waals surface area contributed by atoms with Crippen molar-refractivity contribution in [3.63, 3.8) is 0 Å². The second kappa shape index (κ2) is 9.77. The van der Waals surface area contributed by atoms with E-state index in [9.17, 15) is 21.6 Å². The molecule has 2 fully saturated rings. The van der Waals surface area contributed by atoms with Crippen LogP contribution < -0.4 is 10.1 Å². The molecule has 0 radical (unpaired) electrons. The number of nitrogens with one attached hydrogen (secondary N) is 1. The van der Waals surface area contributed by atoms with Gasteiger partial charge in [0.05, 0.1) is 12.4 Å². The second-order valence-corrected chi connectivity index (χ2v) is 9.09. The first-order chi connectivity index (χ1) is 13.6. The van der Waals surface area contributed by atoms with Gasteiger partial charge < -0.3 is 15.2 Å². The first-order valence-corrected chi connectivity index (χ1v) is 10.7. The molecule has 2 atom stereocenters. The number of benzene rings is 1. The van der Waals surface area contributed by atoms with Crippen molar-refractivity contribution in [1.29, 1.82) is 0 Å². The molecule has 7 nitrogen and oxygen atoms in total. The summed E-state index contributed by atoms with van der Waals surface area (Å²) in [6.45, 7) is 2.99. The third kappa shape index (κ3) is 6.31. The van der Waals surface area contributed by atoms with Crippen molar-refractivity contribution in [2.24, 2.45) is 5.92 Å². The summed E-state index contributed by atoms with van der Waals surface area (Å²) >= 11 is 0. The average molecular weight is 438 g/mol. The number of carbonyl (C=O) groups is 1. The number of nitrogens with zero attached hydrogens (tertiary/aromatic N) is 1. The van der Waals surface area contributed by atoms with E-state index in [1.807, 2.05) is 24.3 Å². The number of carboxylic acids is 1. The van der Waals surface area contributed by atoms with Gasteiger partial charge in [-0.25, -0.2) is 17.5 Å². The highest BCUT2D eigenvalue weighted by molar-refractivity contribution is 7.90. The average Bonchev–Trinajstić information content (AvgIpc) is 2.81. The van der Waals surface area contributed by atoms with Gasteiger partial charge >= 0.3 is 12.1 Å². The Hall–Kier alpha value is -1.85. The summed E-state index contributed by atoms with van der Waals surface area (Å²) in [5, 5.41) is 10.2. The molecule has 0 aromatic heterocycles. The summed E-state index contributed by atoms with van der Waals surface area (Å²) in [6.07, 6.45) is -2.66. The number of carboxylic acid groups (broad SMARTS) is 1. The lowest BCUT2D eigenvalue weighted by atomic mass is 10.0. The van der Waals surface area contributed by atoms with Crippen molar-refractivity contribution >= 4 is 16.0 Å². The molecule has 0 saturated carbocycles. The molecule has 2 saturated heterocycles. The van der Waals surface area contributed by atoms with Gasteiger partial charge in [0.15, 0.2) is 0 Å². The van der Waals surface area contributed by atoms with Gasteiger partial charge in [0.25, 0.3) is 0 Å². The van der Waals surface area contributed by atoms with Gasteiger partial charge in [-0.2, -0.15) is 13.2 Å². The normalized spacial score (nSPS) is 24.0. The van der Waals surface area contributed by atoms with Crippen LogP contribution in [0, 0.1) is 5.92 Å². The van der Waals surface area contributed by atoms with Gasteiger partial charge in [-0.1, -0.05) is 12.1 Å². The maximum atomic E-state index is 12.7. The molecule has 2 N–H and O–H groups in total. The van der Waals surface area contributed by atoms with Gasteiger partial charge in [-0.15, -0.1) is 0 Å². The zero-order valence-electron chi connectivity index (χ0n) is 16.0. The fourth-order valence-corrected chi connectivity index (χ4v) is 5.79. The Morgan fingerprint density at radius 2 is 1.97 bits per heavy atom. The van der Waals surface area contributed by atoms with E-state index in [1.165, 1.54) is 0 Å². The number of methoxy groups -OCH3 is 1. The standard InChI is InChI=1S/C16H24N2O3S.C2HF3O2/c1-21-15-4-2-3-13(11-15)7-10-18-12-14-5-8-17-9-6-16(14)22(18,19)20;3-2(4,5)1(6)7/h2-4,11,14,16-17H,5-10,12H2,1H3;(H,6,7)/t14-,16-;/m1./s1. The van der Waals surface area contributed by atoms with Crippen LogP contribution in [0.25, 0.3) is 0 Å². The maximum absolute atomic E-state index is 12.7. The largest absolute Gasteiger partial charge is 0.497 e. The van der Waals surface area contributed by atoms with Crippen molar-refractivity contribution in [2.75, 3.05) is 33.3 Å². The lowest BCUT2D eigenvalue weighted by molar-refractivity contribution is -0.192. The lowest BCUT2D eigenvalue weighted by Gasteiger charge is -2.17. The minimum Gasteiger partial charge on any atom is -0.497 e. The molecule has 2 heterocycles. The number of halogens is 3. The van der Waals surface area contributed by atoms with Crippen LogP contribution in [0.5, 0.6) is 5.75 Å². The molecule has 164 valence electrons. The molecular weight excluding hydrogens is 413 g/mol. The van der Waals surface area contributed by atoms with E-state index in [-0.39, 0.29) is 11.2 Å². The van der Waals surface area contributed by atoms with Gasteiger partial charge in [-0.05, 0) is 56.0 Å². The van der Waals surface area contributed by atoms with Crippen molar-refractivity contribution < 1.29 is 36.2 Å². The van der Waals surface area contributed by atoms with Crippen LogP contribution in [0.15, 0.2) is 24.3 Å². The van der Waals surface area contributed by atoms with Crippen LogP contribution in [-0.2, 0) is 21.2 Å². The van der Waals surface area contributed by atoms with Gasteiger partial charge in [0, 0.05) is 13.1 Å². The Morgan fingerprint density at radius 1 is 1.31 bits per heavy atom. The highest BCUT2D eigenvalue weighted by Crippen LogP contribution is 2.33. The highest BCUT2D eigenvalue weighted by Gasteiger charge is 2.45. The van der Waals surface area contributed by atoms with Crippen LogP contribution >= 0.6 is 0 Å². The topological polar surface area (TPSA) is 95.9 Å². The summed E-state index contributed by atoms with van der Waals surface area (Å²) in [5.74, 6) is -1.66. The molecule has 2 aliphatic heterocycles. The molecule has 0 amide bonds. The molecule has 0 aliphatic carbocycles. The van der Waals surface area contributed by atoms with Gasteiger partial charge in [0.1, 0.15) is 5.75 Å². The number of ether oxygens (including phenoxy) is 1. The number of sulfonamides is 1. The van der Waals surface area contributed by atoms with Crippen LogP contribution in [-0.4, -0.2) is 68.5 Å². The van der Waals surface area contributed by atoms with Gasteiger partial charge in [0.2, 0.25) is 10.0 Å². The van der Waals surface area contributed by atoms with E-state index < -0.39 is 22.2 Å². The van der Waals surface area contributed by atoms with E-state index in [0.717, 1.165) is 43.7 Å². The number of aliphatic carboxylic acids is 1. The fraction of sp³-hybridized carbons (Fsp3) is 0.611. The minimum absolute atomic E-state index is 0.187. The zero-order valence-corrected chi connectivity index (χ0v) is 16.8. The summed E-state index contributed by atoms with van der Waals surface area (Å²) in [6, 6.07) is 7.85. The molecule has 0 unspecified atom stereocenters. The minimum atomic E-state index is -5.08. The Kier molecular flexibility index (Phi) is 7.89. The maximum Gasteiger partial charge on any atom is 0.490 e. The third-order valence-electron chi connectivity index (χ3n) is 5.03. The number of fused-ring (bicyclic) bond motifs is 1. The van der Waals surface area contributed by atoms with Crippen LogP contribution in [0.3, 0.4) is 0 Å². The van der Waals surface area contributed by atoms with Crippen LogP contribution in [0.4, 0.5) is 13.2 Å². The van der Waals surface area contributed by atoms with E-state index in [1.54, 1.807) is 11.4 Å². The van der Waals surface area contributed by atoms with Crippen molar-refractivity contribution in [2.45, 2.75) is 30.7 Å². The summed E-state index contributed by atoms with van der Waals surface area (Å²) in [5.41, 5.74) is 1.11. The van der Waals surface area contributed by atoms with Crippen LogP contribution in [0.1, 0.15) is 18.4 Å². The lowest BCUT2D eigenvalue weighted by Crippen LogP contribution is -2.32. The Labute approximate surface area is 167 Å². The molecule has 3 rings (SSSR count). The summed E-state index contributed by atoms with van der Waals surface area (Å²) in [7, 11) is -1.49. The first-order valence-electron chi connectivity index (χ1n) is 9.18. The van der Waals surface area contributed by atoms with E-state index in [4.69, 9.17) is 14.6 Å². The summed E-state index contributed by atoms with van der Waals surface area (Å²) in [4.78, 5) is 8.90. The van der Waals surface area contributed by atoms with E-state index in [2.05, 4.69) is 5.32 Å². The predicted molar refractivity (Wildman–Crippen MR) is 100 cm³/mol. The number of alkyl halides is 3. The third-order valence-corrected chi connectivity index (χ3v) is 7.47. The molecule has 2 aliphatic rings. The second-order valence-electron chi connectivity index (χ2n) is 6.93. The molecule has 0 spiro atoms. The molecule has 1 aromatic carbocycles. The molecular formula is C18H25F3N2O5S. The Bertz CT molecular complexity index is 801. The quantitative estimate of drug-likeness (QED) is 0.746. The van der Waals surface area contributed by atoms with Crippen molar-refractivity contribution in [3.8, 4) is 5.75 Å². The van der Waals surface area contributed by atoms with Crippen molar-refractivity contribution in [3.05, 3.63) is 29.8 Å². The number of rotatable bonds is 4. The van der Waals surface area contributed by atoms with Crippen molar-refractivity contribution in [1.82, 2.24) is 9.62 Å².